The molecule has 1 fully saturated rings. The number of nitrogens with two attached hydrogens (primary N) is 1. The molecule has 1 saturated heterocycles. The van der Waals surface area contributed by atoms with Crippen molar-refractivity contribution in [3.63, 3.8) is 0 Å². The average Bonchev–Trinajstić information content (AvgIpc) is 2.29. The van der Waals surface area contributed by atoms with E-state index in [0.29, 0.717) is 12.1 Å². The van der Waals surface area contributed by atoms with Crippen LogP contribution < -0.4 is 5.73 Å². The van der Waals surface area contributed by atoms with Gasteiger partial charge in [0.25, 0.3) is 0 Å². The summed E-state index contributed by atoms with van der Waals surface area (Å²) in [4.78, 5) is 2.54. The van der Waals surface area contributed by atoms with Crippen molar-refractivity contribution in [1.29, 1.82) is 0 Å². The van der Waals surface area contributed by atoms with Crippen LogP contribution in [-0.4, -0.2) is 24.0 Å². The third kappa shape index (κ3) is 2.63. The van der Waals surface area contributed by atoms with Gasteiger partial charge in [-0.1, -0.05) is 29.8 Å². The summed E-state index contributed by atoms with van der Waals surface area (Å²) >= 11 is 0. The van der Waals surface area contributed by atoms with Gasteiger partial charge in [0.1, 0.15) is 0 Å². The van der Waals surface area contributed by atoms with Crippen LogP contribution >= 0.6 is 0 Å². The SMILES string of the molecule is Cc1cccc(C(C)N2CCC(N)CC2)c1. The number of aryl methyl sites for hydroxylation is 1. The van der Waals surface area contributed by atoms with Gasteiger partial charge < -0.3 is 5.73 Å². The van der Waals surface area contributed by atoms with Crippen LogP contribution in [0.5, 0.6) is 0 Å². The number of benzene rings is 1. The summed E-state index contributed by atoms with van der Waals surface area (Å²) in [5, 5.41) is 0. The van der Waals surface area contributed by atoms with E-state index in [2.05, 4.69) is 43.0 Å². The fourth-order valence-corrected chi connectivity index (χ4v) is 2.45. The Bertz CT molecular complexity index is 340. The van der Waals surface area contributed by atoms with Crippen molar-refractivity contribution < 1.29 is 0 Å². The lowest BCUT2D eigenvalue weighted by Gasteiger charge is -2.35. The highest BCUT2D eigenvalue weighted by molar-refractivity contribution is 5.24. The van der Waals surface area contributed by atoms with E-state index in [4.69, 9.17) is 5.73 Å². The maximum absolute atomic E-state index is 5.93. The Labute approximate surface area is 98.4 Å². The van der Waals surface area contributed by atoms with Crippen LogP contribution in [0.25, 0.3) is 0 Å². The molecule has 2 nitrogen and oxygen atoms in total. The molecule has 88 valence electrons. The Morgan fingerprint density at radius 2 is 2.00 bits per heavy atom. The third-order valence-electron chi connectivity index (χ3n) is 3.65. The van der Waals surface area contributed by atoms with Gasteiger partial charge in [0.2, 0.25) is 0 Å². The second kappa shape index (κ2) is 4.98. The van der Waals surface area contributed by atoms with Crippen molar-refractivity contribution >= 4 is 0 Å². The van der Waals surface area contributed by atoms with Crippen molar-refractivity contribution in [2.45, 2.75) is 38.8 Å². The number of nitrogens with zero attached hydrogens (tertiary/aromatic N) is 1. The molecular weight excluding hydrogens is 196 g/mol. The topological polar surface area (TPSA) is 29.3 Å². The number of hydrogen-bond donors (Lipinski definition) is 1. The van der Waals surface area contributed by atoms with Crippen LogP contribution in [0.1, 0.15) is 36.9 Å². The smallest absolute Gasteiger partial charge is 0.0319 e. The summed E-state index contributed by atoms with van der Waals surface area (Å²) in [5.74, 6) is 0. The van der Waals surface area contributed by atoms with E-state index in [1.54, 1.807) is 0 Å². The molecule has 2 N–H and O–H groups in total. The van der Waals surface area contributed by atoms with Crippen LogP contribution in [0.4, 0.5) is 0 Å². The molecule has 1 atom stereocenters. The first kappa shape index (κ1) is 11.6. The van der Waals surface area contributed by atoms with Crippen LogP contribution in [0.3, 0.4) is 0 Å². The summed E-state index contributed by atoms with van der Waals surface area (Å²) in [5.41, 5.74) is 8.71. The standard InChI is InChI=1S/C14H22N2/c1-11-4-3-5-13(10-11)12(2)16-8-6-14(15)7-9-16/h3-5,10,12,14H,6-9,15H2,1-2H3. The molecule has 0 aromatic heterocycles. The summed E-state index contributed by atoms with van der Waals surface area (Å²) in [6.07, 6.45) is 2.27. The maximum Gasteiger partial charge on any atom is 0.0319 e. The first-order chi connectivity index (χ1) is 7.66. The zero-order valence-electron chi connectivity index (χ0n) is 10.3. The molecule has 0 amide bonds. The van der Waals surface area contributed by atoms with Crippen LogP contribution in [-0.2, 0) is 0 Å². The fraction of sp³-hybridized carbons (Fsp3) is 0.571. The molecule has 16 heavy (non-hydrogen) atoms. The molecule has 0 spiro atoms. The van der Waals surface area contributed by atoms with Gasteiger partial charge in [-0.2, -0.15) is 0 Å². The van der Waals surface area contributed by atoms with E-state index in [9.17, 15) is 0 Å². The normalized spacial score (nSPS) is 20.9. The Morgan fingerprint density at radius 3 is 2.62 bits per heavy atom. The zero-order chi connectivity index (χ0) is 11.5. The van der Waals surface area contributed by atoms with E-state index in [1.807, 2.05) is 0 Å². The lowest BCUT2D eigenvalue weighted by atomic mass is 10.00. The number of rotatable bonds is 2. The fourth-order valence-electron chi connectivity index (χ4n) is 2.45. The number of hydrogen-bond acceptors (Lipinski definition) is 2. The first-order valence-electron chi connectivity index (χ1n) is 6.23. The van der Waals surface area contributed by atoms with E-state index >= 15 is 0 Å². The van der Waals surface area contributed by atoms with Gasteiger partial charge in [0, 0.05) is 25.2 Å². The second-order valence-corrected chi connectivity index (χ2v) is 4.96. The molecule has 2 heteroatoms. The minimum atomic E-state index is 0.418. The van der Waals surface area contributed by atoms with Crippen LogP contribution in [0.15, 0.2) is 24.3 Å². The molecule has 0 aliphatic carbocycles. The van der Waals surface area contributed by atoms with Crippen molar-refractivity contribution in [3.8, 4) is 0 Å². The summed E-state index contributed by atoms with van der Waals surface area (Å²) in [6.45, 7) is 6.72. The minimum Gasteiger partial charge on any atom is -0.328 e. The van der Waals surface area contributed by atoms with Crippen molar-refractivity contribution in [2.75, 3.05) is 13.1 Å². The van der Waals surface area contributed by atoms with Gasteiger partial charge in [-0.3, -0.25) is 4.90 Å². The quantitative estimate of drug-likeness (QED) is 0.826. The highest BCUT2D eigenvalue weighted by Crippen LogP contribution is 2.24. The Kier molecular flexibility index (Phi) is 3.62. The van der Waals surface area contributed by atoms with E-state index < -0.39 is 0 Å². The maximum atomic E-state index is 5.93. The van der Waals surface area contributed by atoms with Crippen LogP contribution in [0.2, 0.25) is 0 Å². The third-order valence-corrected chi connectivity index (χ3v) is 3.65. The lowest BCUT2D eigenvalue weighted by molar-refractivity contribution is 0.163. The van der Waals surface area contributed by atoms with E-state index in [1.165, 1.54) is 11.1 Å². The summed E-state index contributed by atoms with van der Waals surface area (Å²) < 4.78 is 0. The van der Waals surface area contributed by atoms with E-state index in [-0.39, 0.29) is 0 Å². The Hall–Kier alpha value is -0.860. The zero-order valence-corrected chi connectivity index (χ0v) is 10.3. The molecule has 1 aromatic carbocycles. The lowest BCUT2D eigenvalue weighted by Crippen LogP contribution is -2.40. The highest BCUT2D eigenvalue weighted by Gasteiger charge is 2.21. The summed E-state index contributed by atoms with van der Waals surface area (Å²) in [6, 6.07) is 9.76. The molecule has 1 aromatic rings. The number of likely N-dealkylation sites (tertiary alicyclic amines) is 1. The van der Waals surface area contributed by atoms with Gasteiger partial charge in [-0.05, 0) is 32.3 Å². The monoisotopic (exact) mass is 218 g/mol. The average molecular weight is 218 g/mol. The molecule has 1 aliphatic rings. The molecule has 0 radical (unpaired) electrons. The van der Waals surface area contributed by atoms with Crippen molar-refractivity contribution in [2.24, 2.45) is 5.73 Å². The van der Waals surface area contributed by atoms with Gasteiger partial charge in [-0.25, -0.2) is 0 Å². The molecule has 0 saturated carbocycles. The van der Waals surface area contributed by atoms with Crippen molar-refractivity contribution in [3.05, 3.63) is 35.4 Å². The van der Waals surface area contributed by atoms with Gasteiger partial charge >= 0.3 is 0 Å². The Morgan fingerprint density at radius 1 is 1.31 bits per heavy atom. The number of piperidine rings is 1. The summed E-state index contributed by atoms with van der Waals surface area (Å²) in [7, 11) is 0. The van der Waals surface area contributed by atoms with Gasteiger partial charge in [-0.15, -0.1) is 0 Å². The molecule has 0 bridgehead atoms. The molecular formula is C14H22N2. The highest BCUT2D eigenvalue weighted by atomic mass is 15.2. The molecule has 1 aliphatic heterocycles. The largest absolute Gasteiger partial charge is 0.328 e. The van der Waals surface area contributed by atoms with Gasteiger partial charge in [0.05, 0.1) is 0 Å². The molecule has 2 rings (SSSR count). The van der Waals surface area contributed by atoms with Gasteiger partial charge in [0.15, 0.2) is 0 Å². The molecule has 1 unspecified atom stereocenters. The Balaban J connectivity index is 2.04. The first-order valence-corrected chi connectivity index (χ1v) is 6.23. The predicted octanol–water partition coefficient (Wildman–Crippen LogP) is 2.48. The second-order valence-electron chi connectivity index (χ2n) is 4.96. The molecule has 1 heterocycles. The van der Waals surface area contributed by atoms with Crippen molar-refractivity contribution in [1.82, 2.24) is 4.90 Å². The van der Waals surface area contributed by atoms with Crippen LogP contribution in [0, 0.1) is 6.92 Å². The van der Waals surface area contributed by atoms with E-state index in [0.717, 1.165) is 25.9 Å². The minimum absolute atomic E-state index is 0.418. The predicted molar refractivity (Wildman–Crippen MR) is 68.4 cm³/mol.